The first-order valence-corrected chi connectivity index (χ1v) is 7.33. The van der Waals surface area contributed by atoms with Crippen molar-refractivity contribution >= 4 is 6.03 Å². The van der Waals surface area contributed by atoms with Gasteiger partial charge >= 0.3 is 6.03 Å². The van der Waals surface area contributed by atoms with Crippen LogP contribution in [0.2, 0.25) is 0 Å². The lowest BCUT2D eigenvalue weighted by atomic mass is 9.93. The molecule has 1 aromatic rings. The number of nitrogens with one attached hydrogen (secondary N) is 2. The number of hydrogen-bond donors (Lipinski definition) is 3. The fourth-order valence-corrected chi connectivity index (χ4v) is 2.73. The number of aliphatic hydroxyl groups excluding tert-OH is 1. The van der Waals surface area contributed by atoms with Gasteiger partial charge in [-0.3, -0.25) is 0 Å². The molecule has 114 valence electrons. The Bertz CT molecular complexity index is 520. The SMILES string of the molecule is O=C(NCc1ccc2c(c1)OCO2)N[C@@H]1CCCC[C@H]1O. The molecule has 2 aliphatic rings. The van der Waals surface area contributed by atoms with Crippen LogP contribution in [0.3, 0.4) is 0 Å². The topological polar surface area (TPSA) is 79.8 Å². The first-order chi connectivity index (χ1) is 10.2. The minimum Gasteiger partial charge on any atom is -0.454 e. The van der Waals surface area contributed by atoms with E-state index < -0.39 is 6.10 Å². The number of aliphatic hydroxyl groups is 1. The Kier molecular flexibility index (Phi) is 4.15. The minimum atomic E-state index is -0.435. The highest BCUT2D eigenvalue weighted by Gasteiger charge is 2.24. The summed E-state index contributed by atoms with van der Waals surface area (Å²) in [5.41, 5.74) is 0.943. The van der Waals surface area contributed by atoms with Crippen LogP contribution >= 0.6 is 0 Å². The number of fused-ring (bicyclic) bond motifs is 1. The Morgan fingerprint density at radius 1 is 1.24 bits per heavy atom. The molecule has 0 radical (unpaired) electrons. The van der Waals surface area contributed by atoms with Crippen LogP contribution in [0.5, 0.6) is 11.5 Å². The molecule has 2 atom stereocenters. The third-order valence-corrected chi connectivity index (χ3v) is 3.94. The van der Waals surface area contributed by atoms with Crippen molar-refractivity contribution in [3.05, 3.63) is 23.8 Å². The number of benzene rings is 1. The molecule has 3 rings (SSSR count). The predicted octanol–water partition coefficient (Wildman–Crippen LogP) is 1.52. The van der Waals surface area contributed by atoms with E-state index in [1.54, 1.807) is 0 Å². The second-order valence-corrected chi connectivity index (χ2v) is 5.47. The Morgan fingerprint density at radius 3 is 2.90 bits per heavy atom. The number of carbonyl (C=O) groups is 1. The van der Waals surface area contributed by atoms with Gasteiger partial charge in [0.1, 0.15) is 0 Å². The summed E-state index contributed by atoms with van der Waals surface area (Å²) in [6.07, 6.45) is 3.23. The molecule has 1 fully saturated rings. The van der Waals surface area contributed by atoms with Gasteiger partial charge in [0.2, 0.25) is 6.79 Å². The maximum absolute atomic E-state index is 11.9. The van der Waals surface area contributed by atoms with Gasteiger partial charge in [0, 0.05) is 6.54 Å². The van der Waals surface area contributed by atoms with Gasteiger partial charge in [-0.15, -0.1) is 0 Å². The largest absolute Gasteiger partial charge is 0.454 e. The number of hydrogen-bond acceptors (Lipinski definition) is 4. The lowest BCUT2D eigenvalue weighted by Gasteiger charge is -2.28. The van der Waals surface area contributed by atoms with Crippen LogP contribution < -0.4 is 20.1 Å². The predicted molar refractivity (Wildman–Crippen MR) is 76.2 cm³/mol. The van der Waals surface area contributed by atoms with Gasteiger partial charge < -0.3 is 25.2 Å². The van der Waals surface area contributed by atoms with Gasteiger partial charge in [-0.05, 0) is 30.5 Å². The quantitative estimate of drug-likeness (QED) is 0.789. The van der Waals surface area contributed by atoms with Crippen LogP contribution in [0.4, 0.5) is 4.79 Å². The summed E-state index contributed by atoms with van der Waals surface area (Å²) in [6.45, 7) is 0.650. The van der Waals surface area contributed by atoms with Crippen LogP contribution in [0.15, 0.2) is 18.2 Å². The summed E-state index contributed by atoms with van der Waals surface area (Å²) in [7, 11) is 0. The summed E-state index contributed by atoms with van der Waals surface area (Å²) < 4.78 is 10.5. The first-order valence-electron chi connectivity index (χ1n) is 7.33. The average molecular weight is 292 g/mol. The Labute approximate surface area is 123 Å². The van der Waals surface area contributed by atoms with Crippen LogP contribution in [0.1, 0.15) is 31.2 Å². The van der Waals surface area contributed by atoms with Crippen molar-refractivity contribution < 1.29 is 19.4 Å². The van der Waals surface area contributed by atoms with Crippen LogP contribution in [-0.4, -0.2) is 30.1 Å². The van der Waals surface area contributed by atoms with Gasteiger partial charge in [0.15, 0.2) is 11.5 Å². The molecule has 0 spiro atoms. The van der Waals surface area contributed by atoms with Crippen LogP contribution in [-0.2, 0) is 6.54 Å². The van der Waals surface area contributed by atoms with E-state index in [0.29, 0.717) is 12.3 Å². The molecule has 0 unspecified atom stereocenters. The molecule has 21 heavy (non-hydrogen) atoms. The molecule has 6 nitrogen and oxygen atoms in total. The highest BCUT2D eigenvalue weighted by molar-refractivity contribution is 5.74. The second-order valence-electron chi connectivity index (χ2n) is 5.47. The highest BCUT2D eigenvalue weighted by Crippen LogP contribution is 2.32. The van der Waals surface area contributed by atoms with Crippen molar-refractivity contribution in [2.24, 2.45) is 0 Å². The molecule has 0 saturated heterocycles. The molecule has 1 heterocycles. The first kappa shape index (κ1) is 14.0. The van der Waals surface area contributed by atoms with E-state index in [9.17, 15) is 9.90 Å². The standard InChI is InChI=1S/C15H20N2O4/c18-12-4-2-1-3-11(12)17-15(19)16-8-10-5-6-13-14(7-10)21-9-20-13/h5-7,11-12,18H,1-4,8-9H2,(H2,16,17,19)/t11-,12-/m1/s1. The smallest absolute Gasteiger partial charge is 0.315 e. The van der Waals surface area contributed by atoms with Crippen LogP contribution in [0, 0.1) is 0 Å². The third kappa shape index (κ3) is 3.39. The lowest BCUT2D eigenvalue weighted by Crippen LogP contribution is -2.48. The summed E-state index contributed by atoms with van der Waals surface area (Å²) in [6, 6.07) is 5.19. The monoisotopic (exact) mass is 292 g/mol. The Morgan fingerprint density at radius 2 is 2.05 bits per heavy atom. The van der Waals surface area contributed by atoms with Gasteiger partial charge in [-0.25, -0.2) is 4.79 Å². The Balaban J connectivity index is 1.49. The molecule has 0 aromatic heterocycles. The zero-order chi connectivity index (χ0) is 14.7. The summed E-state index contributed by atoms with van der Waals surface area (Å²) in [5.74, 6) is 1.44. The van der Waals surface area contributed by atoms with E-state index in [2.05, 4.69) is 10.6 Å². The molecule has 1 saturated carbocycles. The van der Waals surface area contributed by atoms with Crippen molar-refractivity contribution in [3.63, 3.8) is 0 Å². The minimum absolute atomic E-state index is 0.143. The molecule has 1 aliphatic heterocycles. The average Bonchev–Trinajstić information content (AvgIpc) is 2.95. The van der Waals surface area contributed by atoms with Crippen molar-refractivity contribution in [3.8, 4) is 11.5 Å². The van der Waals surface area contributed by atoms with E-state index in [0.717, 1.165) is 37.0 Å². The number of rotatable bonds is 3. The molecular formula is C15H20N2O4. The van der Waals surface area contributed by atoms with Crippen molar-refractivity contribution in [2.75, 3.05) is 6.79 Å². The fraction of sp³-hybridized carbons (Fsp3) is 0.533. The molecule has 1 aromatic carbocycles. The number of ether oxygens (including phenoxy) is 2. The van der Waals surface area contributed by atoms with Gasteiger partial charge in [0.25, 0.3) is 0 Å². The molecule has 0 bridgehead atoms. The second kappa shape index (κ2) is 6.22. The molecule has 2 amide bonds. The van der Waals surface area contributed by atoms with Crippen molar-refractivity contribution in [2.45, 2.75) is 44.4 Å². The van der Waals surface area contributed by atoms with E-state index in [4.69, 9.17) is 9.47 Å². The molecule has 1 aliphatic carbocycles. The Hall–Kier alpha value is -1.95. The van der Waals surface area contributed by atoms with Crippen molar-refractivity contribution in [1.82, 2.24) is 10.6 Å². The van der Waals surface area contributed by atoms with Gasteiger partial charge in [0.05, 0.1) is 12.1 Å². The fourth-order valence-electron chi connectivity index (χ4n) is 2.73. The summed E-state index contributed by atoms with van der Waals surface area (Å²) in [5, 5.41) is 15.5. The number of carbonyl (C=O) groups excluding carboxylic acids is 1. The van der Waals surface area contributed by atoms with E-state index in [-0.39, 0.29) is 18.9 Å². The number of urea groups is 1. The highest BCUT2D eigenvalue weighted by atomic mass is 16.7. The van der Waals surface area contributed by atoms with E-state index in [1.807, 2.05) is 18.2 Å². The molecule has 3 N–H and O–H groups in total. The van der Waals surface area contributed by atoms with E-state index >= 15 is 0 Å². The van der Waals surface area contributed by atoms with Gasteiger partial charge in [-0.1, -0.05) is 18.9 Å². The lowest BCUT2D eigenvalue weighted by molar-refractivity contribution is 0.0943. The van der Waals surface area contributed by atoms with Crippen LogP contribution in [0.25, 0.3) is 0 Å². The normalized spacial score (nSPS) is 23.7. The third-order valence-electron chi connectivity index (χ3n) is 3.94. The summed E-state index contributed by atoms with van der Waals surface area (Å²) >= 11 is 0. The zero-order valence-electron chi connectivity index (χ0n) is 11.8. The molecule has 6 heteroatoms. The maximum atomic E-state index is 11.9. The van der Waals surface area contributed by atoms with Gasteiger partial charge in [-0.2, -0.15) is 0 Å². The number of amides is 2. The van der Waals surface area contributed by atoms with Crippen molar-refractivity contribution in [1.29, 1.82) is 0 Å². The maximum Gasteiger partial charge on any atom is 0.315 e. The summed E-state index contributed by atoms with van der Waals surface area (Å²) in [4.78, 5) is 11.9. The zero-order valence-corrected chi connectivity index (χ0v) is 11.8. The van der Waals surface area contributed by atoms with E-state index in [1.165, 1.54) is 0 Å². The molecular weight excluding hydrogens is 272 g/mol.